The molecule has 146 valence electrons. The van der Waals surface area contributed by atoms with Gasteiger partial charge >= 0.3 is 5.97 Å². The Balaban J connectivity index is 2.12. The molecule has 1 N–H and O–H groups in total. The van der Waals surface area contributed by atoms with Crippen molar-refractivity contribution >= 4 is 23.0 Å². The van der Waals surface area contributed by atoms with Gasteiger partial charge in [-0.3, -0.25) is 4.79 Å². The number of nitrogens with one attached hydrogen (secondary N) is 1. The van der Waals surface area contributed by atoms with Crippen molar-refractivity contribution in [3.05, 3.63) is 58.5 Å². The van der Waals surface area contributed by atoms with Gasteiger partial charge < -0.3 is 19.4 Å². The van der Waals surface area contributed by atoms with E-state index >= 15 is 0 Å². The van der Waals surface area contributed by atoms with Crippen LogP contribution in [0.1, 0.15) is 23.7 Å². The lowest BCUT2D eigenvalue weighted by Gasteiger charge is -2.13. The van der Waals surface area contributed by atoms with Gasteiger partial charge in [0.15, 0.2) is 5.65 Å². The van der Waals surface area contributed by atoms with E-state index in [0.29, 0.717) is 24.7 Å². The van der Waals surface area contributed by atoms with Gasteiger partial charge in [-0.05, 0) is 25.5 Å². The maximum atomic E-state index is 12.8. The molecule has 0 bridgehead atoms. The van der Waals surface area contributed by atoms with E-state index in [2.05, 4.69) is 15.3 Å². The molecule has 0 amide bonds. The van der Waals surface area contributed by atoms with Crippen LogP contribution in [0.25, 0.3) is 16.7 Å². The smallest absolute Gasteiger partial charge is 0.343 e. The number of esters is 1. The van der Waals surface area contributed by atoms with Crippen LogP contribution in [0.4, 0.5) is 5.95 Å². The number of fused-ring (bicyclic) bond motifs is 1. The summed E-state index contributed by atoms with van der Waals surface area (Å²) in [6, 6.07) is 9.36. The number of hydrogen-bond donors (Lipinski definition) is 1. The van der Waals surface area contributed by atoms with Crippen LogP contribution in [-0.4, -0.2) is 47.4 Å². The molecule has 0 radical (unpaired) electrons. The molecule has 0 unspecified atom stereocenters. The Morgan fingerprint density at radius 2 is 2.04 bits per heavy atom. The van der Waals surface area contributed by atoms with Crippen LogP contribution in [0, 0.1) is 0 Å². The van der Waals surface area contributed by atoms with Gasteiger partial charge in [0.05, 0.1) is 12.0 Å². The summed E-state index contributed by atoms with van der Waals surface area (Å²) in [5.41, 5.74) is 0.671. The SMILES string of the molecule is CCOC(=O)c1cn(-c2ccccc2)c2nc(NCCCOC)ncc2c1=O. The van der Waals surface area contributed by atoms with Crippen molar-refractivity contribution in [1.29, 1.82) is 0 Å². The Morgan fingerprint density at radius 3 is 2.75 bits per heavy atom. The fraction of sp³-hybridized carbons (Fsp3) is 0.300. The van der Waals surface area contributed by atoms with Crippen molar-refractivity contribution in [2.45, 2.75) is 13.3 Å². The van der Waals surface area contributed by atoms with Gasteiger partial charge in [0, 0.05) is 38.3 Å². The minimum atomic E-state index is -0.666. The molecule has 0 aliphatic rings. The van der Waals surface area contributed by atoms with Crippen LogP contribution in [0.15, 0.2) is 47.5 Å². The average Bonchev–Trinajstić information content (AvgIpc) is 2.72. The number of pyridine rings is 1. The molecule has 8 heteroatoms. The van der Waals surface area contributed by atoms with Crippen LogP contribution in [0.5, 0.6) is 0 Å². The molecular formula is C20H22N4O4. The van der Waals surface area contributed by atoms with Crippen LogP contribution in [0.2, 0.25) is 0 Å². The summed E-state index contributed by atoms with van der Waals surface area (Å²) >= 11 is 0. The number of carbonyl (C=O) groups is 1. The lowest BCUT2D eigenvalue weighted by atomic mass is 10.2. The van der Waals surface area contributed by atoms with E-state index < -0.39 is 11.4 Å². The molecule has 28 heavy (non-hydrogen) atoms. The van der Waals surface area contributed by atoms with Crippen LogP contribution in [-0.2, 0) is 9.47 Å². The monoisotopic (exact) mass is 382 g/mol. The number of benzene rings is 1. The standard InChI is InChI=1S/C20H22N4O4/c1-3-28-19(26)16-13-24(14-8-5-4-6-9-14)18-15(17(16)25)12-22-20(23-18)21-10-7-11-27-2/h4-6,8-9,12-13H,3,7,10-11H2,1-2H3,(H,21,22,23). The highest BCUT2D eigenvalue weighted by atomic mass is 16.5. The van der Waals surface area contributed by atoms with E-state index in [4.69, 9.17) is 9.47 Å². The second kappa shape index (κ2) is 9.09. The van der Waals surface area contributed by atoms with Gasteiger partial charge in [0.2, 0.25) is 11.4 Å². The number of anilines is 1. The lowest BCUT2D eigenvalue weighted by molar-refractivity contribution is 0.0524. The molecule has 0 saturated carbocycles. The van der Waals surface area contributed by atoms with Crippen LogP contribution >= 0.6 is 0 Å². The van der Waals surface area contributed by atoms with E-state index in [1.807, 2.05) is 30.3 Å². The second-order valence-corrected chi connectivity index (χ2v) is 6.00. The van der Waals surface area contributed by atoms with Gasteiger partial charge in [0.25, 0.3) is 0 Å². The topological polar surface area (TPSA) is 95.3 Å². The van der Waals surface area contributed by atoms with Crippen molar-refractivity contribution in [2.24, 2.45) is 0 Å². The summed E-state index contributed by atoms with van der Waals surface area (Å²) in [5, 5.41) is 3.37. The zero-order valence-corrected chi connectivity index (χ0v) is 15.8. The van der Waals surface area contributed by atoms with E-state index in [1.165, 1.54) is 12.4 Å². The minimum Gasteiger partial charge on any atom is -0.462 e. The minimum absolute atomic E-state index is 0.0531. The van der Waals surface area contributed by atoms with Gasteiger partial charge in [0.1, 0.15) is 5.56 Å². The zero-order chi connectivity index (χ0) is 19.9. The summed E-state index contributed by atoms with van der Waals surface area (Å²) in [7, 11) is 1.65. The molecule has 1 aromatic carbocycles. The van der Waals surface area contributed by atoms with E-state index in [-0.39, 0.29) is 17.6 Å². The summed E-state index contributed by atoms with van der Waals surface area (Å²) in [6.45, 7) is 3.13. The second-order valence-electron chi connectivity index (χ2n) is 6.00. The lowest BCUT2D eigenvalue weighted by Crippen LogP contribution is -2.21. The Labute approximate surface area is 162 Å². The normalized spacial score (nSPS) is 10.8. The van der Waals surface area contributed by atoms with Gasteiger partial charge in [-0.15, -0.1) is 0 Å². The number of carbonyl (C=O) groups excluding carboxylic acids is 1. The van der Waals surface area contributed by atoms with Gasteiger partial charge in [-0.1, -0.05) is 18.2 Å². The molecule has 3 rings (SSSR count). The summed E-state index contributed by atoms with van der Waals surface area (Å²) in [5.74, 6) is -0.266. The molecule has 0 saturated heterocycles. The Kier molecular flexibility index (Phi) is 6.33. The summed E-state index contributed by atoms with van der Waals surface area (Å²) < 4.78 is 11.8. The first-order valence-corrected chi connectivity index (χ1v) is 9.03. The molecule has 3 aromatic rings. The summed E-state index contributed by atoms with van der Waals surface area (Å²) in [4.78, 5) is 33.8. The maximum absolute atomic E-state index is 12.8. The predicted molar refractivity (Wildman–Crippen MR) is 106 cm³/mol. The van der Waals surface area contributed by atoms with Crippen LogP contribution < -0.4 is 10.7 Å². The predicted octanol–water partition coefficient (Wildman–Crippen LogP) is 2.41. The molecule has 0 fully saturated rings. The molecule has 2 aromatic heterocycles. The molecule has 8 nitrogen and oxygen atoms in total. The quantitative estimate of drug-likeness (QED) is 0.472. The maximum Gasteiger partial charge on any atom is 0.343 e. The number of ether oxygens (including phenoxy) is 2. The fourth-order valence-corrected chi connectivity index (χ4v) is 2.75. The highest BCUT2D eigenvalue weighted by Crippen LogP contribution is 2.17. The number of para-hydroxylation sites is 1. The van der Waals surface area contributed by atoms with Gasteiger partial charge in [-0.25, -0.2) is 9.78 Å². The van der Waals surface area contributed by atoms with Crippen LogP contribution in [0.3, 0.4) is 0 Å². The van der Waals surface area contributed by atoms with E-state index in [1.54, 1.807) is 18.6 Å². The van der Waals surface area contributed by atoms with Crippen molar-refractivity contribution in [2.75, 3.05) is 32.2 Å². The molecule has 0 atom stereocenters. The van der Waals surface area contributed by atoms with E-state index in [9.17, 15) is 9.59 Å². The molecule has 0 spiro atoms. The van der Waals surface area contributed by atoms with Crippen molar-refractivity contribution in [3.63, 3.8) is 0 Å². The summed E-state index contributed by atoms with van der Waals surface area (Å²) in [6.07, 6.45) is 3.70. The highest BCUT2D eigenvalue weighted by molar-refractivity contribution is 5.93. The first-order chi connectivity index (χ1) is 13.7. The highest BCUT2D eigenvalue weighted by Gasteiger charge is 2.18. The molecular weight excluding hydrogens is 360 g/mol. The van der Waals surface area contributed by atoms with Crippen molar-refractivity contribution in [1.82, 2.24) is 14.5 Å². The van der Waals surface area contributed by atoms with Crippen molar-refractivity contribution < 1.29 is 14.3 Å². The largest absolute Gasteiger partial charge is 0.462 e. The fourth-order valence-electron chi connectivity index (χ4n) is 2.75. The Morgan fingerprint density at radius 1 is 1.25 bits per heavy atom. The average molecular weight is 382 g/mol. The number of aromatic nitrogens is 3. The Bertz CT molecular complexity index is 1020. The number of nitrogens with zero attached hydrogens (tertiary/aromatic N) is 3. The zero-order valence-electron chi connectivity index (χ0n) is 15.8. The third-order valence-corrected chi connectivity index (χ3v) is 4.08. The number of hydrogen-bond acceptors (Lipinski definition) is 7. The third kappa shape index (κ3) is 4.17. The third-order valence-electron chi connectivity index (χ3n) is 4.08. The first-order valence-electron chi connectivity index (χ1n) is 9.03. The number of rotatable bonds is 8. The number of methoxy groups -OCH3 is 1. The van der Waals surface area contributed by atoms with Crippen molar-refractivity contribution in [3.8, 4) is 5.69 Å². The molecule has 0 aliphatic carbocycles. The molecule has 0 aliphatic heterocycles. The Hall–Kier alpha value is -3.26. The molecule has 2 heterocycles. The first kappa shape index (κ1) is 19.5. The van der Waals surface area contributed by atoms with E-state index in [0.717, 1.165) is 12.1 Å². The van der Waals surface area contributed by atoms with Gasteiger partial charge in [-0.2, -0.15) is 4.98 Å².